The molecule has 4 heterocycles. The molecule has 9 nitrogen and oxygen atoms in total. The van der Waals surface area contributed by atoms with Crippen molar-refractivity contribution in [1.82, 2.24) is 39.5 Å². The van der Waals surface area contributed by atoms with Crippen LogP contribution in [0.5, 0.6) is 0 Å². The number of hydrogen-bond acceptors (Lipinski definition) is 7. The predicted molar refractivity (Wildman–Crippen MR) is 134 cm³/mol. The van der Waals surface area contributed by atoms with Gasteiger partial charge in [0.05, 0.1) is 17.4 Å². The lowest BCUT2D eigenvalue weighted by atomic mass is 10.1. The van der Waals surface area contributed by atoms with Crippen LogP contribution in [-0.4, -0.2) is 39.5 Å². The van der Waals surface area contributed by atoms with Gasteiger partial charge in [0.15, 0.2) is 5.82 Å². The highest BCUT2D eigenvalue weighted by Gasteiger charge is 2.08. The van der Waals surface area contributed by atoms with Gasteiger partial charge in [0, 0.05) is 53.5 Å². The van der Waals surface area contributed by atoms with E-state index < -0.39 is 0 Å². The fraction of sp³-hybridized carbons (Fsp3) is 0.0769. The number of aromatic nitrogens is 8. The summed E-state index contributed by atoms with van der Waals surface area (Å²) >= 11 is 0. The first-order valence-electron chi connectivity index (χ1n) is 11.1. The summed E-state index contributed by atoms with van der Waals surface area (Å²) in [4.78, 5) is 17.8. The van der Waals surface area contributed by atoms with Gasteiger partial charge in [0.25, 0.3) is 0 Å². The van der Waals surface area contributed by atoms with Crippen molar-refractivity contribution in [3.63, 3.8) is 0 Å². The van der Waals surface area contributed by atoms with Gasteiger partial charge in [-0.05, 0) is 55.0 Å². The summed E-state index contributed by atoms with van der Waals surface area (Å²) in [5, 5.41) is 13.1. The number of anilines is 2. The molecular formula is C26H21N9. The van der Waals surface area contributed by atoms with Gasteiger partial charge in [-0.15, -0.1) is 5.10 Å². The molecule has 35 heavy (non-hydrogen) atoms. The zero-order chi connectivity index (χ0) is 23.8. The molecule has 0 saturated carbocycles. The van der Waals surface area contributed by atoms with Crippen molar-refractivity contribution in [3.05, 3.63) is 91.4 Å². The Kier molecular flexibility index (Phi) is 4.99. The summed E-state index contributed by atoms with van der Waals surface area (Å²) in [5.74, 6) is 1.19. The quantitative estimate of drug-likeness (QED) is 0.398. The van der Waals surface area contributed by atoms with E-state index in [1.54, 1.807) is 21.9 Å². The number of fused-ring (bicyclic) bond motifs is 1. The summed E-state index contributed by atoms with van der Waals surface area (Å²) in [7, 11) is 1.91. The van der Waals surface area contributed by atoms with Crippen molar-refractivity contribution in [2.24, 2.45) is 7.05 Å². The smallest absolute Gasteiger partial charge is 0.227 e. The summed E-state index contributed by atoms with van der Waals surface area (Å²) in [6, 6.07) is 17.9. The third-order valence-electron chi connectivity index (χ3n) is 5.66. The molecule has 0 radical (unpaired) electrons. The lowest BCUT2D eigenvalue weighted by Gasteiger charge is -2.08. The third kappa shape index (κ3) is 4.22. The van der Waals surface area contributed by atoms with Crippen LogP contribution in [0.3, 0.4) is 0 Å². The minimum Gasteiger partial charge on any atom is -0.324 e. The third-order valence-corrected chi connectivity index (χ3v) is 5.66. The Labute approximate surface area is 201 Å². The van der Waals surface area contributed by atoms with Gasteiger partial charge in [0.2, 0.25) is 5.95 Å². The van der Waals surface area contributed by atoms with Crippen LogP contribution in [0.25, 0.3) is 39.1 Å². The van der Waals surface area contributed by atoms with Crippen LogP contribution < -0.4 is 5.32 Å². The van der Waals surface area contributed by atoms with Gasteiger partial charge in [-0.2, -0.15) is 5.10 Å². The van der Waals surface area contributed by atoms with Crippen molar-refractivity contribution in [3.8, 4) is 28.2 Å². The van der Waals surface area contributed by atoms with E-state index >= 15 is 0 Å². The van der Waals surface area contributed by atoms with Gasteiger partial charge in [0.1, 0.15) is 6.33 Å². The molecular weight excluding hydrogens is 438 g/mol. The minimum absolute atomic E-state index is 0.532. The molecule has 0 saturated heterocycles. The Balaban J connectivity index is 1.22. The molecule has 0 fully saturated rings. The van der Waals surface area contributed by atoms with Crippen LogP contribution in [0.2, 0.25) is 0 Å². The summed E-state index contributed by atoms with van der Waals surface area (Å²) in [6.45, 7) is 1.95. The van der Waals surface area contributed by atoms with Crippen molar-refractivity contribution in [1.29, 1.82) is 0 Å². The Hall–Kier alpha value is -4.92. The maximum Gasteiger partial charge on any atom is 0.227 e. The number of hydrogen-bond donors (Lipinski definition) is 1. The molecule has 0 aliphatic heterocycles. The maximum absolute atomic E-state index is 4.71. The molecule has 0 unspecified atom stereocenters. The largest absolute Gasteiger partial charge is 0.324 e. The minimum atomic E-state index is 0.532. The lowest BCUT2D eigenvalue weighted by molar-refractivity contribution is 0.768. The second-order valence-electron chi connectivity index (χ2n) is 8.24. The van der Waals surface area contributed by atoms with Crippen molar-refractivity contribution in [2.75, 3.05) is 5.32 Å². The normalized spacial score (nSPS) is 11.1. The first kappa shape index (κ1) is 20.7. The van der Waals surface area contributed by atoms with Crippen molar-refractivity contribution in [2.45, 2.75) is 6.92 Å². The Morgan fingerprint density at radius 3 is 2.51 bits per heavy atom. The number of rotatable bonds is 5. The zero-order valence-corrected chi connectivity index (χ0v) is 19.2. The SMILES string of the molecule is Cc1cc(-c2ncn(-c3ccc(Nc4ncc5ccc(-c6cnn(C)c6)cc5n4)cc3)n2)ccn1. The average Bonchev–Trinajstić information content (AvgIpc) is 3.54. The van der Waals surface area contributed by atoms with Crippen LogP contribution in [0.15, 0.2) is 85.7 Å². The summed E-state index contributed by atoms with van der Waals surface area (Å²) < 4.78 is 3.54. The number of nitrogens with zero attached hydrogens (tertiary/aromatic N) is 8. The molecule has 170 valence electrons. The van der Waals surface area contributed by atoms with Crippen LogP contribution >= 0.6 is 0 Å². The first-order chi connectivity index (χ1) is 17.1. The fourth-order valence-corrected chi connectivity index (χ4v) is 3.86. The topological polar surface area (TPSA) is 99.2 Å². The second-order valence-corrected chi connectivity index (χ2v) is 8.24. The van der Waals surface area contributed by atoms with E-state index in [2.05, 4.69) is 42.6 Å². The molecule has 0 amide bonds. The van der Waals surface area contributed by atoms with E-state index in [0.717, 1.165) is 44.7 Å². The highest BCUT2D eigenvalue weighted by atomic mass is 15.3. The van der Waals surface area contributed by atoms with E-state index in [1.165, 1.54) is 0 Å². The molecule has 1 N–H and O–H groups in total. The molecule has 0 aliphatic carbocycles. The average molecular weight is 460 g/mol. The fourth-order valence-electron chi connectivity index (χ4n) is 3.86. The molecule has 0 aliphatic rings. The van der Waals surface area contributed by atoms with Crippen LogP contribution in [0, 0.1) is 6.92 Å². The summed E-state index contributed by atoms with van der Waals surface area (Å²) in [5.41, 5.74) is 6.62. The molecule has 6 rings (SSSR count). The lowest BCUT2D eigenvalue weighted by Crippen LogP contribution is -1.99. The molecule has 0 spiro atoms. The predicted octanol–water partition coefficient (Wildman–Crippen LogP) is 4.73. The van der Waals surface area contributed by atoms with E-state index in [9.17, 15) is 0 Å². The van der Waals surface area contributed by atoms with Crippen molar-refractivity contribution < 1.29 is 0 Å². The van der Waals surface area contributed by atoms with Crippen molar-refractivity contribution >= 4 is 22.5 Å². The van der Waals surface area contributed by atoms with Crippen LogP contribution in [-0.2, 0) is 7.05 Å². The standard InChI is InChI=1S/C26H21N9/c1-17-11-19(9-10-27-17)25-29-16-35(33-25)23-7-5-22(6-8-23)31-26-28-13-20-4-3-18(12-24(20)32-26)21-14-30-34(2)15-21/h3-16H,1-2H3,(H,28,31,32). The van der Waals surface area contributed by atoms with Gasteiger partial charge in [-0.1, -0.05) is 12.1 Å². The molecule has 6 aromatic rings. The molecule has 0 bridgehead atoms. The highest BCUT2D eigenvalue weighted by molar-refractivity contribution is 5.84. The summed E-state index contributed by atoms with van der Waals surface area (Å²) in [6.07, 6.45) is 9.13. The van der Waals surface area contributed by atoms with Gasteiger partial charge >= 0.3 is 0 Å². The molecule has 4 aromatic heterocycles. The van der Waals surface area contributed by atoms with Gasteiger partial charge < -0.3 is 5.32 Å². The van der Waals surface area contributed by atoms with Crippen LogP contribution in [0.4, 0.5) is 11.6 Å². The first-order valence-corrected chi connectivity index (χ1v) is 11.1. The Morgan fingerprint density at radius 2 is 1.71 bits per heavy atom. The zero-order valence-electron chi connectivity index (χ0n) is 19.2. The molecule has 0 atom stereocenters. The molecule has 2 aromatic carbocycles. The van der Waals surface area contributed by atoms with Crippen LogP contribution in [0.1, 0.15) is 5.69 Å². The highest BCUT2D eigenvalue weighted by Crippen LogP contribution is 2.24. The van der Waals surface area contributed by atoms with E-state index in [1.807, 2.05) is 75.0 Å². The van der Waals surface area contributed by atoms with E-state index in [-0.39, 0.29) is 0 Å². The van der Waals surface area contributed by atoms with E-state index in [4.69, 9.17) is 4.98 Å². The second kappa shape index (κ2) is 8.45. The number of pyridine rings is 1. The van der Waals surface area contributed by atoms with E-state index in [0.29, 0.717) is 11.8 Å². The Morgan fingerprint density at radius 1 is 0.829 bits per heavy atom. The Bertz CT molecular complexity index is 1650. The number of aryl methyl sites for hydroxylation is 2. The number of benzene rings is 2. The number of nitrogens with one attached hydrogen (secondary N) is 1. The van der Waals surface area contributed by atoms with Gasteiger partial charge in [-0.25, -0.2) is 19.6 Å². The monoisotopic (exact) mass is 459 g/mol. The molecule has 9 heteroatoms. The van der Waals surface area contributed by atoms with Gasteiger partial charge in [-0.3, -0.25) is 9.67 Å². The maximum atomic E-state index is 4.71.